The fourth-order valence-electron chi connectivity index (χ4n) is 1.87. The number of amides is 1. The molecule has 0 bridgehead atoms. The summed E-state index contributed by atoms with van der Waals surface area (Å²) in [5.74, 6) is 0.0931. The summed E-state index contributed by atoms with van der Waals surface area (Å²) < 4.78 is 34.0. The first-order valence-electron chi connectivity index (χ1n) is 7.01. The number of hydrogen-bond donors (Lipinski definition) is 2. The summed E-state index contributed by atoms with van der Waals surface area (Å²) in [4.78, 5) is 20.0. The van der Waals surface area contributed by atoms with Crippen molar-refractivity contribution in [3.05, 3.63) is 42.4 Å². The van der Waals surface area contributed by atoms with Gasteiger partial charge in [0.1, 0.15) is 5.82 Å². The molecule has 0 atom stereocenters. The van der Waals surface area contributed by atoms with E-state index >= 15 is 0 Å². The second-order valence-electron chi connectivity index (χ2n) is 4.52. The van der Waals surface area contributed by atoms with Crippen LogP contribution >= 0.6 is 0 Å². The van der Waals surface area contributed by atoms with Gasteiger partial charge in [0.25, 0.3) is 5.91 Å². The zero-order valence-electron chi connectivity index (χ0n) is 12.8. The van der Waals surface area contributed by atoms with Crippen LogP contribution in [0.25, 0.3) is 0 Å². The quantitative estimate of drug-likeness (QED) is 0.716. The Labute approximate surface area is 137 Å². The Hall–Kier alpha value is -2.97. The monoisotopic (exact) mass is 338 g/mol. The standard InChI is InChI=1S/C15H16F2N4O3/c1-23-11-3-2-10(8-12(11)24-15(16)17)14(22)21-7-6-20-13-9-18-4-5-19-13/h2-5,8-9,15H,6-7H2,1H3,(H,19,20)(H,21,22). The number of methoxy groups -OCH3 is 1. The molecule has 2 aromatic rings. The number of ether oxygens (including phenoxy) is 2. The lowest BCUT2D eigenvalue weighted by Crippen LogP contribution is -2.29. The zero-order chi connectivity index (χ0) is 17.4. The molecular weight excluding hydrogens is 322 g/mol. The first kappa shape index (κ1) is 17.4. The van der Waals surface area contributed by atoms with Crippen molar-refractivity contribution in [2.75, 3.05) is 25.5 Å². The Morgan fingerprint density at radius 3 is 2.75 bits per heavy atom. The van der Waals surface area contributed by atoms with E-state index in [0.29, 0.717) is 18.9 Å². The van der Waals surface area contributed by atoms with Crippen LogP contribution in [-0.4, -0.2) is 42.7 Å². The Balaban J connectivity index is 1.89. The predicted molar refractivity (Wildman–Crippen MR) is 82.5 cm³/mol. The number of benzene rings is 1. The molecule has 0 spiro atoms. The lowest BCUT2D eigenvalue weighted by molar-refractivity contribution is -0.0512. The number of carbonyl (C=O) groups excluding carboxylic acids is 1. The maximum Gasteiger partial charge on any atom is 0.387 e. The molecule has 0 aliphatic carbocycles. The molecule has 0 saturated carbocycles. The van der Waals surface area contributed by atoms with Gasteiger partial charge in [0.05, 0.1) is 13.3 Å². The number of rotatable bonds is 8. The molecular formula is C15H16F2N4O3. The lowest BCUT2D eigenvalue weighted by Gasteiger charge is -2.12. The number of nitrogens with one attached hydrogen (secondary N) is 2. The van der Waals surface area contributed by atoms with Gasteiger partial charge in [0.2, 0.25) is 0 Å². The van der Waals surface area contributed by atoms with Crippen molar-refractivity contribution < 1.29 is 23.0 Å². The van der Waals surface area contributed by atoms with Crippen LogP contribution in [0, 0.1) is 0 Å². The summed E-state index contributed by atoms with van der Waals surface area (Å²) in [6.07, 6.45) is 4.65. The van der Waals surface area contributed by atoms with Crippen LogP contribution in [0.5, 0.6) is 11.5 Å². The van der Waals surface area contributed by atoms with E-state index in [-0.39, 0.29) is 17.1 Å². The minimum absolute atomic E-state index is 0.121. The number of nitrogens with zero attached hydrogens (tertiary/aromatic N) is 2. The molecule has 24 heavy (non-hydrogen) atoms. The average Bonchev–Trinajstić information content (AvgIpc) is 2.59. The highest BCUT2D eigenvalue weighted by Gasteiger charge is 2.14. The molecule has 0 fully saturated rings. The van der Waals surface area contributed by atoms with E-state index in [9.17, 15) is 13.6 Å². The van der Waals surface area contributed by atoms with Gasteiger partial charge in [0, 0.05) is 31.0 Å². The van der Waals surface area contributed by atoms with Crippen LogP contribution in [0.4, 0.5) is 14.6 Å². The van der Waals surface area contributed by atoms with Crippen LogP contribution in [0.2, 0.25) is 0 Å². The molecule has 0 radical (unpaired) electrons. The number of hydrogen-bond acceptors (Lipinski definition) is 6. The van der Waals surface area contributed by atoms with E-state index in [2.05, 4.69) is 25.3 Å². The second-order valence-corrected chi connectivity index (χ2v) is 4.52. The molecule has 1 heterocycles. The highest BCUT2D eigenvalue weighted by atomic mass is 19.3. The Morgan fingerprint density at radius 2 is 2.08 bits per heavy atom. The van der Waals surface area contributed by atoms with Crippen LogP contribution < -0.4 is 20.1 Å². The zero-order valence-corrected chi connectivity index (χ0v) is 12.8. The SMILES string of the molecule is COc1ccc(C(=O)NCCNc2cnccn2)cc1OC(F)F. The minimum atomic E-state index is -3.01. The van der Waals surface area contributed by atoms with E-state index in [0.717, 1.165) is 0 Å². The van der Waals surface area contributed by atoms with Crippen molar-refractivity contribution in [3.63, 3.8) is 0 Å². The molecule has 2 rings (SSSR count). The fourth-order valence-corrected chi connectivity index (χ4v) is 1.87. The van der Waals surface area contributed by atoms with Gasteiger partial charge in [-0.3, -0.25) is 9.78 Å². The van der Waals surface area contributed by atoms with E-state index < -0.39 is 12.5 Å². The third-order valence-corrected chi connectivity index (χ3v) is 2.92. The van der Waals surface area contributed by atoms with Gasteiger partial charge in [-0.25, -0.2) is 4.98 Å². The van der Waals surface area contributed by atoms with Gasteiger partial charge in [-0.1, -0.05) is 0 Å². The van der Waals surface area contributed by atoms with Crippen molar-refractivity contribution in [2.45, 2.75) is 6.61 Å². The smallest absolute Gasteiger partial charge is 0.387 e. The summed E-state index contributed by atoms with van der Waals surface area (Å²) in [6, 6.07) is 4.06. The first-order chi connectivity index (χ1) is 11.6. The van der Waals surface area contributed by atoms with E-state index in [4.69, 9.17) is 4.74 Å². The van der Waals surface area contributed by atoms with E-state index in [1.807, 2.05) is 0 Å². The highest BCUT2D eigenvalue weighted by molar-refractivity contribution is 5.94. The van der Waals surface area contributed by atoms with Crippen LogP contribution in [0.1, 0.15) is 10.4 Å². The third-order valence-electron chi connectivity index (χ3n) is 2.92. The van der Waals surface area contributed by atoms with Crippen molar-refractivity contribution in [1.82, 2.24) is 15.3 Å². The number of carbonyl (C=O) groups is 1. The summed E-state index contributed by atoms with van der Waals surface area (Å²) in [6.45, 7) is -2.26. The molecule has 0 unspecified atom stereocenters. The van der Waals surface area contributed by atoms with Gasteiger partial charge in [-0.15, -0.1) is 0 Å². The molecule has 1 aromatic carbocycles. The molecule has 1 amide bonds. The van der Waals surface area contributed by atoms with Gasteiger partial charge >= 0.3 is 6.61 Å². The highest BCUT2D eigenvalue weighted by Crippen LogP contribution is 2.29. The Kier molecular flexibility index (Phi) is 6.23. The van der Waals surface area contributed by atoms with Crippen molar-refractivity contribution >= 4 is 11.7 Å². The Morgan fingerprint density at radius 1 is 1.25 bits per heavy atom. The summed E-state index contributed by atoms with van der Waals surface area (Å²) in [5, 5.41) is 5.63. The Bertz CT molecular complexity index is 671. The molecule has 0 aliphatic rings. The maximum atomic E-state index is 12.4. The largest absolute Gasteiger partial charge is 0.493 e. The second kappa shape index (κ2) is 8.61. The predicted octanol–water partition coefficient (Wildman–Crippen LogP) is 1.93. The number of aromatic nitrogens is 2. The number of anilines is 1. The molecule has 128 valence electrons. The summed E-state index contributed by atoms with van der Waals surface area (Å²) in [5.41, 5.74) is 0.186. The number of alkyl halides is 2. The topological polar surface area (TPSA) is 85.4 Å². The van der Waals surface area contributed by atoms with Crippen molar-refractivity contribution in [3.8, 4) is 11.5 Å². The normalized spacial score (nSPS) is 10.3. The third kappa shape index (κ3) is 5.04. The first-order valence-corrected chi connectivity index (χ1v) is 7.01. The summed E-state index contributed by atoms with van der Waals surface area (Å²) >= 11 is 0. The van der Waals surface area contributed by atoms with E-state index in [1.165, 1.54) is 25.3 Å². The van der Waals surface area contributed by atoms with Crippen LogP contribution in [0.15, 0.2) is 36.8 Å². The average molecular weight is 338 g/mol. The lowest BCUT2D eigenvalue weighted by atomic mass is 10.2. The molecule has 7 nitrogen and oxygen atoms in total. The van der Waals surface area contributed by atoms with Crippen molar-refractivity contribution in [2.24, 2.45) is 0 Å². The minimum Gasteiger partial charge on any atom is -0.493 e. The maximum absolute atomic E-state index is 12.4. The molecule has 1 aromatic heterocycles. The molecule has 9 heteroatoms. The summed E-state index contributed by atoms with van der Waals surface area (Å²) in [7, 11) is 1.32. The fraction of sp³-hybridized carbons (Fsp3) is 0.267. The van der Waals surface area contributed by atoms with Crippen LogP contribution in [-0.2, 0) is 0 Å². The van der Waals surface area contributed by atoms with Crippen LogP contribution in [0.3, 0.4) is 0 Å². The van der Waals surface area contributed by atoms with Gasteiger partial charge < -0.3 is 20.1 Å². The molecule has 0 aliphatic heterocycles. The van der Waals surface area contributed by atoms with Gasteiger partial charge in [-0.05, 0) is 18.2 Å². The van der Waals surface area contributed by atoms with Gasteiger partial charge in [0.15, 0.2) is 11.5 Å². The molecule has 0 saturated heterocycles. The molecule has 2 N–H and O–H groups in total. The van der Waals surface area contributed by atoms with E-state index in [1.54, 1.807) is 18.6 Å². The van der Waals surface area contributed by atoms with Crippen molar-refractivity contribution in [1.29, 1.82) is 0 Å². The van der Waals surface area contributed by atoms with Gasteiger partial charge in [-0.2, -0.15) is 8.78 Å². The number of halogens is 2.